The summed E-state index contributed by atoms with van der Waals surface area (Å²) in [7, 11) is 0. The predicted octanol–water partition coefficient (Wildman–Crippen LogP) is 4.66. The van der Waals surface area contributed by atoms with Gasteiger partial charge in [0.1, 0.15) is 6.04 Å². The lowest BCUT2D eigenvalue weighted by Crippen LogP contribution is -2.39. The van der Waals surface area contributed by atoms with Crippen molar-refractivity contribution in [1.29, 1.82) is 0 Å². The van der Waals surface area contributed by atoms with Gasteiger partial charge in [-0.15, -0.1) is 0 Å². The number of carbonyl (C=O) groups is 2. The minimum atomic E-state index is -0.636. The molecule has 0 bridgehead atoms. The van der Waals surface area contributed by atoms with Gasteiger partial charge in [-0.3, -0.25) is 4.79 Å². The van der Waals surface area contributed by atoms with E-state index in [4.69, 9.17) is 4.74 Å². The lowest BCUT2D eigenvalue weighted by Gasteiger charge is -2.13. The van der Waals surface area contributed by atoms with Crippen LogP contribution in [0, 0.1) is 0 Å². The number of hydrogen-bond acceptors (Lipinski definition) is 3. The van der Waals surface area contributed by atoms with Crippen LogP contribution in [0.25, 0.3) is 0 Å². The molecule has 25 heavy (non-hydrogen) atoms. The van der Waals surface area contributed by atoms with Crippen molar-refractivity contribution in [2.24, 2.45) is 0 Å². The van der Waals surface area contributed by atoms with Gasteiger partial charge in [0.15, 0.2) is 0 Å². The third kappa shape index (κ3) is 8.71. The Labute approximate surface area is 152 Å². The molecule has 140 valence electrons. The second kappa shape index (κ2) is 12.5. The van der Waals surface area contributed by atoms with Crippen LogP contribution in [0.1, 0.15) is 81.6 Å². The summed E-state index contributed by atoms with van der Waals surface area (Å²) in [6, 6.07) is 6.79. The first kappa shape index (κ1) is 21.2. The fourth-order valence-corrected chi connectivity index (χ4v) is 2.59. The van der Waals surface area contributed by atoms with Crippen LogP contribution in [0.2, 0.25) is 0 Å². The van der Waals surface area contributed by atoms with Gasteiger partial charge in [-0.1, -0.05) is 64.5 Å². The highest BCUT2D eigenvalue weighted by atomic mass is 16.5. The third-order valence-electron chi connectivity index (χ3n) is 4.32. The SMILES string of the molecule is CCCCCCCCCOC(=O)C(C)NC(=O)c1ccc(CC)cc1. The molecule has 1 N–H and O–H groups in total. The molecule has 0 saturated carbocycles. The van der Waals surface area contributed by atoms with Gasteiger partial charge in [-0.05, 0) is 37.5 Å². The Morgan fingerprint density at radius 1 is 0.960 bits per heavy atom. The summed E-state index contributed by atoms with van der Waals surface area (Å²) in [6.45, 7) is 6.36. The maximum absolute atomic E-state index is 12.1. The second-order valence-corrected chi connectivity index (χ2v) is 6.53. The van der Waals surface area contributed by atoms with E-state index in [1.54, 1.807) is 19.1 Å². The molecule has 1 unspecified atom stereocenters. The number of esters is 1. The summed E-state index contributed by atoms with van der Waals surface area (Å²) in [5.74, 6) is -0.618. The highest BCUT2D eigenvalue weighted by Gasteiger charge is 2.17. The number of benzene rings is 1. The monoisotopic (exact) mass is 347 g/mol. The fraction of sp³-hybridized carbons (Fsp3) is 0.619. The number of hydrogen-bond donors (Lipinski definition) is 1. The maximum Gasteiger partial charge on any atom is 0.328 e. The Morgan fingerprint density at radius 2 is 1.56 bits per heavy atom. The minimum absolute atomic E-state index is 0.247. The zero-order chi connectivity index (χ0) is 18.5. The molecular formula is C21H33NO3. The van der Waals surface area contributed by atoms with Gasteiger partial charge in [0.05, 0.1) is 6.61 Å². The molecule has 1 amide bonds. The molecule has 0 spiro atoms. The summed E-state index contributed by atoms with van der Waals surface area (Å²) in [4.78, 5) is 24.1. The Kier molecular flexibility index (Phi) is 10.6. The first-order valence-corrected chi connectivity index (χ1v) is 9.64. The average Bonchev–Trinajstić information content (AvgIpc) is 2.63. The van der Waals surface area contributed by atoms with Crippen LogP contribution in [0.3, 0.4) is 0 Å². The molecule has 0 aromatic heterocycles. The highest BCUT2D eigenvalue weighted by molar-refractivity contribution is 5.96. The molecule has 1 rings (SSSR count). The topological polar surface area (TPSA) is 55.4 Å². The standard InChI is InChI=1S/C21H33NO3/c1-4-6-7-8-9-10-11-16-25-21(24)17(3)22-20(23)19-14-12-18(5-2)13-15-19/h12-15,17H,4-11,16H2,1-3H3,(H,22,23). The van der Waals surface area contributed by atoms with Crippen molar-refractivity contribution in [3.05, 3.63) is 35.4 Å². The number of unbranched alkanes of at least 4 members (excludes halogenated alkanes) is 6. The average molecular weight is 347 g/mol. The van der Waals surface area contributed by atoms with E-state index in [-0.39, 0.29) is 11.9 Å². The van der Waals surface area contributed by atoms with E-state index < -0.39 is 6.04 Å². The van der Waals surface area contributed by atoms with Crippen LogP contribution < -0.4 is 5.32 Å². The molecule has 0 saturated heterocycles. The van der Waals surface area contributed by atoms with Crippen molar-refractivity contribution in [3.8, 4) is 0 Å². The first-order valence-electron chi connectivity index (χ1n) is 9.64. The highest BCUT2D eigenvalue weighted by Crippen LogP contribution is 2.08. The Hall–Kier alpha value is -1.84. The van der Waals surface area contributed by atoms with Crippen LogP contribution in [0.5, 0.6) is 0 Å². The maximum atomic E-state index is 12.1. The van der Waals surface area contributed by atoms with Gasteiger partial charge >= 0.3 is 5.97 Å². The van der Waals surface area contributed by atoms with Gasteiger partial charge in [0.25, 0.3) is 5.91 Å². The van der Waals surface area contributed by atoms with Crippen molar-refractivity contribution in [2.45, 2.75) is 78.2 Å². The van der Waals surface area contributed by atoms with Crippen molar-refractivity contribution >= 4 is 11.9 Å². The number of aryl methyl sites for hydroxylation is 1. The summed E-state index contributed by atoms with van der Waals surface area (Å²) < 4.78 is 5.25. The molecule has 0 fully saturated rings. The quantitative estimate of drug-likeness (QED) is 0.442. The van der Waals surface area contributed by atoms with Crippen molar-refractivity contribution in [2.75, 3.05) is 6.61 Å². The number of amides is 1. The molecule has 0 aliphatic carbocycles. The number of rotatable bonds is 12. The number of ether oxygens (including phenoxy) is 1. The van der Waals surface area contributed by atoms with Crippen LogP contribution >= 0.6 is 0 Å². The van der Waals surface area contributed by atoms with E-state index in [1.165, 1.54) is 37.7 Å². The zero-order valence-electron chi connectivity index (χ0n) is 16.0. The number of carbonyl (C=O) groups excluding carboxylic acids is 2. The zero-order valence-corrected chi connectivity index (χ0v) is 16.0. The largest absolute Gasteiger partial charge is 0.464 e. The van der Waals surface area contributed by atoms with Crippen LogP contribution in [-0.2, 0) is 16.0 Å². The van der Waals surface area contributed by atoms with E-state index in [2.05, 4.69) is 19.2 Å². The first-order chi connectivity index (χ1) is 12.1. The van der Waals surface area contributed by atoms with E-state index in [1.807, 2.05) is 12.1 Å². The molecule has 0 aliphatic heterocycles. The normalized spacial score (nSPS) is 11.8. The van der Waals surface area contributed by atoms with E-state index in [0.29, 0.717) is 12.2 Å². The van der Waals surface area contributed by atoms with Gasteiger partial charge in [-0.25, -0.2) is 4.79 Å². The summed E-state index contributed by atoms with van der Waals surface area (Å²) in [6.07, 6.45) is 9.19. The molecular weight excluding hydrogens is 314 g/mol. The number of nitrogens with one attached hydrogen (secondary N) is 1. The second-order valence-electron chi connectivity index (χ2n) is 6.53. The van der Waals surface area contributed by atoms with E-state index in [9.17, 15) is 9.59 Å². The van der Waals surface area contributed by atoms with Crippen molar-refractivity contribution < 1.29 is 14.3 Å². The fourth-order valence-electron chi connectivity index (χ4n) is 2.59. The van der Waals surface area contributed by atoms with Crippen LogP contribution in [0.4, 0.5) is 0 Å². The Morgan fingerprint density at radius 3 is 2.16 bits per heavy atom. The van der Waals surface area contributed by atoms with Crippen LogP contribution in [-0.4, -0.2) is 24.5 Å². The summed E-state index contributed by atoms with van der Waals surface area (Å²) in [5, 5.41) is 2.70. The van der Waals surface area contributed by atoms with Crippen molar-refractivity contribution in [3.63, 3.8) is 0 Å². The predicted molar refractivity (Wildman–Crippen MR) is 102 cm³/mol. The van der Waals surface area contributed by atoms with Gasteiger partial charge < -0.3 is 10.1 Å². The molecule has 1 atom stereocenters. The smallest absolute Gasteiger partial charge is 0.328 e. The Bertz CT molecular complexity index is 510. The summed E-state index contributed by atoms with van der Waals surface area (Å²) >= 11 is 0. The molecule has 0 aliphatic rings. The van der Waals surface area contributed by atoms with Gasteiger partial charge in [-0.2, -0.15) is 0 Å². The molecule has 4 nitrogen and oxygen atoms in total. The third-order valence-corrected chi connectivity index (χ3v) is 4.32. The van der Waals surface area contributed by atoms with Crippen molar-refractivity contribution in [1.82, 2.24) is 5.32 Å². The van der Waals surface area contributed by atoms with Gasteiger partial charge in [0, 0.05) is 5.56 Å². The molecule has 4 heteroatoms. The molecule has 1 aromatic rings. The lowest BCUT2D eigenvalue weighted by atomic mass is 10.1. The molecule has 0 radical (unpaired) electrons. The lowest BCUT2D eigenvalue weighted by molar-refractivity contribution is -0.145. The van der Waals surface area contributed by atoms with Crippen LogP contribution in [0.15, 0.2) is 24.3 Å². The van der Waals surface area contributed by atoms with Gasteiger partial charge in [0.2, 0.25) is 0 Å². The Balaban J connectivity index is 2.21. The molecule has 1 aromatic carbocycles. The van der Waals surface area contributed by atoms with E-state index in [0.717, 1.165) is 19.3 Å². The van der Waals surface area contributed by atoms with E-state index >= 15 is 0 Å². The summed E-state index contributed by atoms with van der Waals surface area (Å²) in [5.41, 5.74) is 1.74. The minimum Gasteiger partial charge on any atom is -0.464 e. The molecule has 0 heterocycles.